The van der Waals surface area contributed by atoms with Crippen LogP contribution in [-0.2, 0) is 11.8 Å². The highest BCUT2D eigenvalue weighted by Crippen LogP contribution is 2.42. The minimum atomic E-state index is -0.315. The lowest BCUT2D eigenvalue weighted by molar-refractivity contribution is 0.0632. The van der Waals surface area contributed by atoms with Gasteiger partial charge in [-0.2, -0.15) is 5.10 Å². The van der Waals surface area contributed by atoms with Crippen molar-refractivity contribution in [1.82, 2.24) is 14.7 Å². The molecule has 1 aromatic heterocycles. The van der Waals surface area contributed by atoms with Crippen LogP contribution >= 0.6 is 0 Å². The lowest BCUT2D eigenvalue weighted by Gasteiger charge is -2.24. The predicted octanol–water partition coefficient (Wildman–Crippen LogP) is 3.47. The minimum absolute atomic E-state index is 0.0256. The molecular weight excluding hydrogens is 402 g/mol. The molecule has 2 aliphatic heterocycles. The van der Waals surface area contributed by atoms with Crippen molar-refractivity contribution in [2.75, 3.05) is 32.9 Å². The summed E-state index contributed by atoms with van der Waals surface area (Å²) in [5, 5.41) is 17.4. The zero-order valence-electron chi connectivity index (χ0n) is 18.0. The summed E-state index contributed by atoms with van der Waals surface area (Å²) >= 11 is 0. The number of benzene rings is 3. The second-order valence-electron chi connectivity index (χ2n) is 9.17. The van der Waals surface area contributed by atoms with Gasteiger partial charge in [-0.15, -0.1) is 0 Å². The van der Waals surface area contributed by atoms with Gasteiger partial charge in [0.2, 0.25) is 0 Å². The van der Waals surface area contributed by atoms with E-state index in [-0.39, 0.29) is 23.8 Å². The quantitative estimate of drug-likeness (QED) is 0.544. The van der Waals surface area contributed by atoms with Gasteiger partial charge < -0.3 is 14.7 Å². The van der Waals surface area contributed by atoms with Crippen molar-refractivity contribution in [2.24, 2.45) is 18.4 Å². The van der Waals surface area contributed by atoms with Gasteiger partial charge in [-0.25, -0.2) is 0 Å². The molecule has 2 atom stereocenters. The van der Waals surface area contributed by atoms with Gasteiger partial charge in [0.25, 0.3) is 5.91 Å². The fourth-order valence-electron chi connectivity index (χ4n) is 5.45. The molecule has 3 heterocycles. The Kier molecular flexibility index (Phi) is 4.35. The average molecular weight is 428 g/mol. The number of ether oxygens (including phenoxy) is 1. The largest absolute Gasteiger partial charge is 0.396 e. The number of likely N-dealkylation sites (tertiary alicyclic amines) is 1. The number of amides is 1. The molecule has 0 spiro atoms. The predicted molar refractivity (Wildman–Crippen MR) is 123 cm³/mol. The highest BCUT2D eigenvalue weighted by Gasteiger charge is 2.51. The van der Waals surface area contributed by atoms with E-state index in [2.05, 4.69) is 35.4 Å². The molecule has 2 fully saturated rings. The van der Waals surface area contributed by atoms with E-state index in [9.17, 15) is 9.90 Å². The number of fused-ring (bicyclic) bond motifs is 3. The molecule has 1 N–H and O–H groups in total. The van der Waals surface area contributed by atoms with Crippen molar-refractivity contribution >= 4 is 27.6 Å². The molecule has 0 unspecified atom stereocenters. The Morgan fingerprint density at radius 2 is 2.03 bits per heavy atom. The van der Waals surface area contributed by atoms with Crippen molar-refractivity contribution in [1.29, 1.82) is 0 Å². The van der Waals surface area contributed by atoms with Crippen LogP contribution in [0.5, 0.6) is 0 Å². The normalized spacial score (nSPS) is 22.7. The Hall–Kier alpha value is -3.22. The highest BCUT2D eigenvalue weighted by atomic mass is 16.5. The fourth-order valence-corrected chi connectivity index (χ4v) is 5.45. The van der Waals surface area contributed by atoms with E-state index in [1.54, 1.807) is 0 Å². The average Bonchev–Trinajstić information content (AvgIpc) is 3.50. The summed E-state index contributed by atoms with van der Waals surface area (Å²) in [4.78, 5) is 15.5. The fraction of sp³-hybridized carbons (Fsp3) is 0.308. The molecule has 0 bridgehead atoms. The standard InChI is InChI=1S/C26H25N3O3/c1-28-24-9-6-17(10-18(24)11-27-28)20-7-8-23(22-5-3-2-4-21(20)22)25(31)29-12-19-13-32-16-26(19,14-29)15-30/h2-11,19,30H,12-16H2,1H3/t19-,26-/m0/s1. The maximum Gasteiger partial charge on any atom is 0.254 e. The third-order valence-electron chi connectivity index (χ3n) is 7.33. The van der Waals surface area contributed by atoms with E-state index in [0.29, 0.717) is 31.9 Å². The van der Waals surface area contributed by atoms with Gasteiger partial charge in [0.15, 0.2) is 0 Å². The second kappa shape index (κ2) is 7.15. The molecule has 162 valence electrons. The minimum Gasteiger partial charge on any atom is -0.396 e. The number of hydrogen-bond donors (Lipinski definition) is 1. The number of aliphatic hydroxyl groups excluding tert-OH is 1. The molecule has 0 aliphatic carbocycles. The molecule has 6 heteroatoms. The third-order valence-corrected chi connectivity index (χ3v) is 7.33. The molecule has 6 nitrogen and oxygen atoms in total. The van der Waals surface area contributed by atoms with Gasteiger partial charge in [-0.1, -0.05) is 36.4 Å². The topological polar surface area (TPSA) is 67.6 Å². The highest BCUT2D eigenvalue weighted by molar-refractivity contribution is 6.11. The molecule has 3 aromatic carbocycles. The summed E-state index contributed by atoms with van der Waals surface area (Å²) in [5.74, 6) is 0.228. The number of aryl methyl sites for hydroxylation is 1. The van der Waals surface area contributed by atoms with Crippen LogP contribution in [0.25, 0.3) is 32.8 Å². The first-order chi connectivity index (χ1) is 15.6. The van der Waals surface area contributed by atoms with Crippen molar-refractivity contribution in [3.05, 3.63) is 66.4 Å². The maximum atomic E-state index is 13.6. The smallest absolute Gasteiger partial charge is 0.254 e. The van der Waals surface area contributed by atoms with Gasteiger partial charge in [-0.05, 0) is 40.1 Å². The summed E-state index contributed by atoms with van der Waals surface area (Å²) in [6.07, 6.45) is 1.88. The number of hydrogen-bond acceptors (Lipinski definition) is 4. The van der Waals surface area contributed by atoms with Gasteiger partial charge in [0, 0.05) is 42.4 Å². The van der Waals surface area contributed by atoms with E-state index in [0.717, 1.165) is 32.8 Å². The van der Waals surface area contributed by atoms with E-state index in [1.165, 1.54) is 0 Å². The molecule has 32 heavy (non-hydrogen) atoms. The number of carbonyl (C=O) groups excluding carboxylic acids is 1. The van der Waals surface area contributed by atoms with Gasteiger partial charge >= 0.3 is 0 Å². The Labute approximate surface area is 186 Å². The zero-order chi connectivity index (χ0) is 21.9. The van der Waals surface area contributed by atoms with Crippen LogP contribution in [0, 0.1) is 11.3 Å². The number of nitrogens with zero attached hydrogens (tertiary/aromatic N) is 3. The molecule has 2 aliphatic rings. The first kappa shape index (κ1) is 19.5. The van der Waals surface area contributed by atoms with Crippen LogP contribution in [0.1, 0.15) is 10.4 Å². The third kappa shape index (κ3) is 2.80. The number of rotatable bonds is 3. The van der Waals surface area contributed by atoms with Crippen LogP contribution in [0.15, 0.2) is 60.8 Å². The lowest BCUT2D eigenvalue weighted by atomic mass is 9.82. The summed E-state index contributed by atoms with van der Waals surface area (Å²) < 4.78 is 7.47. The SMILES string of the molecule is Cn1ncc2cc(-c3ccc(C(=O)N4C[C@H]5COC[C@@]5(CO)C4)c4ccccc34)ccc21. The van der Waals surface area contributed by atoms with Crippen molar-refractivity contribution in [3.8, 4) is 11.1 Å². The van der Waals surface area contributed by atoms with Gasteiger partial charge in [-0.3, -0.25) is 9.48 Å². The van der Waals surface area contributed by atoms with Gasteiger partial charge in [0.1, 0.15) is 0 Å². The summed E-state index contributed by atoms with van der Waals surface area (Å²) in [7, 11) is 1.94. The molecule has 0 saturated carbocycles. The lowest BCUT2D eigenvalue weighted by Crippen LogP contribution is -2.36. The van der Waals surface area contributed by atoms with Crippen LogP contribution in [0.3, 0.4) is 0 Å². The number of carbonyl (C=O) groups is 1. The van der Waals surface area contributed by atoms with Crippen LogP contribution < -0.4 is 0 Å². The van der Waals surface area contributed by atoms with Crippen LogP contribution in [-0.4, -0.2) is 58.6 Å². The molecule has 6 rings (SSSR count). The monoisotopic (exact) mass is 427 g/mol. The molecular formula is C26H25N3O3. The van der Waals surface area contributed by atoms with Crippen LogP contribution in [0.4, 0.5) is 0 Å². The zero-order valence-corrected chi connectivity index (χ0v) is 18.0. The van der Waals surface area contributed by atoms with E-state index >= 15 is 0 Å². The number of aromatic nitrogens is 2. The Morgan fingerprint density at radius 3 is 2.84 bits per heavy atom. The molecule has 1 amide bonds. The van der Waals surface area contributed by atoms with E-state index in [4.69, 9.17) is 4.74 Å². The van der Waals surface area contributed by atoms with Crippen molar-refractivity contribution in [2.45, 2.75) is 0 Å². The first-order valence-corrected chi connectivity index (χ1v) is 11.0. The Morgan fingerprint density at radius 1 is 1.19 bits per heavy atom. The summed E-state index contributed by atoms with van der Waals surface area (Å²) in [6, 6.07) is 18.4. The van der Waals surface area contributed by atoms with Crippen molar-refractivity contribution in [3.63, 3.8) is 0 Å². The van der Waals surface area contributed by atoms with E-state index in [1.807, 2.05) is 47.1 Å². The maximum absolute atomic E-state index is 13.6. The second-order valence-corrected chi connectivity index (χ2v) is 9.17. The first-order valence-electron chi connectivity index (χ1n) is 11.0. The summed E-state index contributed by atoms with van der Waals surface area (Å²) in [6.45, 7) is 2.36. The molecule has 2 saturated heterocycles. The molecule has 4 aromatic rings. The number of aliphatic hydroxyl groups is 1. The summed E-state index contributed by atoms with van der Waals surface area (Å²) in [5.41, 5.74) is 3.69. The van der Waals surface area contributed by atoms with Crippen molar-refractivity contribution < 1.29 is 14.6 Å². The Balaban J connectivity index is 1.41. The van der Waals surface area contributed by atoms with Crippen LogP contribution in [0.2, 0.25) is 0 Å². The van der Waals surface area contributed by atoms with E-state index < -0.39 is 0 Å². The van der Waals surface area contributed by atoms with Gasteiger partial charge in [0.05, 0.1) is 31.5 Å². The Bertz CT molecular complexity index is 1360. The molecule has 0 radical (unpaired) electrons.